The number of nitriles is 1. The van der Waals surface area contributed by atoms with E-state index in [9.17, 15) is 0 Å². The van der Waals surface area contributed by atoms with Crippen LogP contribution in [0.4, 0.5) is 5.69 Å². The molecule has 19 heavy (non-hydrogen) atoms. The van der Waals surface area contributed by atoms with E-state index in [1.54, 1.807) is 17.8 Å². The Labute approximate surface area is 126 Å². The summed E-state index contributed by atoms with van der Waals surface area (Å²) in [4.78, 5) is 4.79. The lowest BCUT2D eigenvalue weighted by Gasteiger charge is -2.29. The molecule has 1 unspecified atom stereocenters. The van der Waals surface area contributed by atoms with Crippen molar-refractivity contribution in [2.45, 2.75) is 32.2 Å². The molecule has 1 N–H and O–H groups in total. The average molecular weight is 338 g/mol. The smallest absolute Gasteiger partial charge is 0.161 e. The van der Waals surface area contributed by atoms with Gasteiger partial charge in [-0.2, -0.15) is 5.26 Å². The molecule has 0 fully saturated rings. The highest BCUT2D eigenvalue weighted by Crippen LogP contribution is 2.31. The van der Waals surface area contributed by atoms with Gasteiger partial charge in [0.15, 0.2) is 5.17 Å². The normalized spacial score (nSPS) is 22.5. The first-order valence-electron chi connectivity index (χ1n) is 6.25. The van der Waals surface area contributed by atoms with Gasteiger partial charge in [-0.1, -0.05) is 18.7 Å². The Morgan fingerprint density at radius 3 is 3.00 bits per heavy atom. The molecule has 5 heteroatoms. The topological polar surface area (TPSA) is 48.2 Å². The zero-order chi connectivity index (χ0) is 13.9. The van der Waals surface area contributed by atoms with Gasteiger partial charge < -0.3 is 5.32 Å². The van der Waals surface area contributed by atoms with Crippen LogP contribution in [-0.4, -0.2) is 16.5 Å². The van der Waals surface area contributed by atoms with E-state index in [2.05, 4.69) is 41.2 Å². The van der Waals surface area contributed by atoms with Crippen LogP contribution in [0.25, 0.3) is 0 Å². The SMILES string of the molecule is CCC1(C)CCSC(Nc2ccc(C#N)cc2Br)=N1. The fraction of sp³-hybridized carbons (Fsp3) is 0.429. The van der Waals surface area contributed by atoms with Gasteiger partial charge >= 0.3 is 0 Å². The van der Waals surface area contributed by atoms with Crippen LogP contribution < -0.4 is 5.32 Å². The van der Waals surface area contributed by atoms with Crippen molar-refractivity contribution in [1.82, 2.24) is 0 Å². The summed E-state index contributed by atoms with van der Waals surface area (Å²) in [6.45, 7) is 4.37. The molecule has 0 amide bonds. The van der Waals surface area contributed by atoms with Gasteiger partial charge in [-0.05, 0) is 53.9 Å². The molecule has 1 atom stereocenters. The number of aliphatic imine (C=N–C) groups is 1. The minimum absolute atomic E-state index is 0.0483. The van der Waals surface area contributed by atoms with Crippen LogP contribution in [0.1, 0.15) is 32.3 Å². The van der Waals surface area contributed by atoms with Crippen molar-refractivity contribution < 1.29 is 0 Å². The van der Waals surface area contributed by atoms with Crippen molar-refractivity contribution >= 4 is 38.5 Å². The molecule has 0 bridgehead atoms. The number of nitrogens with zero attached hydrogens (tertiary/aromatic N) is 2. The summed E-state index contributed by atoms with van der Waals surface area (Å²) in [5, 5.41) is 13.2. The van der Waals surface area contributed by atoms with Gasteiger partial charge in [0.2, 0.25) is 0 Å². The van der Waals surface area contributed by atoms with Gasteiger partial charge in [-0.15, -0.1) is 0 Å². The van der Waals surface area contributed by atoms with Crippen molar-refractivity contribution in [2.24, 2.45) is 4.99 Å². The number of hydrogen-bond acceptors (Lipinski definition) is 4. The quantitative estimate of drug-likeness (QED) is 0.870. The highest BCUT2D eigenvalue weighted by atomic mass is 79.9. The Balaban J connectivity index is 2.20. The maximum atomic E-state index is 8.86. The van der Waals surface area contributed by atoms with Gasteiger partial charge in [-0.3, -0.25) is 4.99 Å². The van der Waals surface area contributed by atoms with Crippen LogP contribution in [0.2, 0.25) is 0 Å². The summed E-state index contributed by atoms with van der Waals surface area (Å²) >= 11 is 5.23. The molecule has 1 aromatic rings. The van der Waals surface area contributed by atoms with E-state index in [4.69, 9.17) is 10.3 Å². The van der Waals surface area contributed by atoms with Gasteiger partial charge in [-0.25, -0.2) is 0 Å². The van der Waals surface area contributed by atoms with E-state index in [-0.39, 0.29) is 5.54 Å². The van der Waals surface area contributed by atoms with Crippen LogP contribution in [-0.2, 0) is 0 Å². The highest BCUT2D eigenvalue weighted by molar-refractivity contribution is 9.10. The second-order valence-corrected chi connectivity index (χ2v) is 6.74. The standard InChI is InChI=1S/C14H16BrN3S/c1-3-14(2)6-7-19-13(18-14)17-12-5-4-10(9-16)8-11(12)15/h4-5,8H,3,6-7H2,1-2H3,(H,17,18). The van der Waals surface area contributed by atoms with E-state index in [1.165, 1.54) is 0 Å². The third-order valence-corrected chi connectivity index (χ3v) is 4.88. The number of anilines is 1. The largest absolute Gasteiger partial charge is 0.334 e. The minimum atomic E-state index is 0.0483. The lowest BCUT2D eigenvalue weighted by Crippen LogP contribution is -2.29. The molecular formula is C14H16BrN3S. The van der Waals surface area contributed by atoms with Crippen molar-refractivity contribution in [3.8, 4) is 6.07 Å². The predicted molar refractivity (Wildman–Crippen MR) is 85.7 cm³/mol. The third kappa shape index (κ3) is 3.52. The molecule has 1 heterocycles. The zero-order valence-corrected chi connectivity index (χ0v) is 13.4. The molecule has 0 saturated heterocycles. The Hall–Kier alpha value is -0.990. The fourth-order valence-corrected chi connectivity index (χ4v) is 3.50. The molecule has 100 valence electrons. The Morgan fingerprint density at radius 2 is 2.37 bits per heavy atom. The van der Waals surface area contributed by atoms with E-state index in [0.29, 0.717) is 5.56 Å². The fourth-order valence-electron chi connectivity index (χ4n) is 1.82. The molecule has 1 aliphatic rings. The first-order valence-corrected chi connectivity index (χ1v) is 8.03. The van der Waals surface area contributed by atoms with Crippen molar-refractivity contribution in [1.29, 1.82) is 5.26 Å². The molecule has 0 aliphatic carbocycles. The van der Waals surface area contributed by atoms with E-state index < -0.39 is 0 Å². The monoisotopic (exact) mass is 337 g/mol. The molecular weight excluding hydrogens is 322 g/mol. The molecule has 1 aromatic carbocycles. The Bertz CT molecular complexity index is 550. The summed E-state index contributed by atoms with van der Waals surface area (Å²) in [5.74, 6) is 1.09. The molecule has 0 spiro atoms. The second kappa shape index (κ2) is 5.98. The first kappa shape index (κ1) is 14.4. The maximum Gasteiger partial charge on any atom is 0.161 e. The Kier molecular flexibility index (Phi) is 4.54. The van der Waals surface area contributed by atoms with Gasteiger partial charge in [0.1, 0.15) is 0 Å². The first-order chi connectivity index (χ1) is 9.06. The summed E-state index contributed by atoms with van der Waals surface area (Å²) in [6.07, 6.45) is 2.17. The van der Waals surface area contributed by atoms with Crippen molar-refractivity contribution in [3.05, 3.63) is 28.2 Å². The number of hydrogen-bond donors (Lipinski definition) is 1. The van der Waals surface area contributed by atoms with Crippen LogP contribution in [0.5, 0.6) is 0 Å². The van der Waals surface area contributed by atoms with E-state index in [0.717, 1.165) is 33.9 Å². The molecule has 3 nitrogen and oxygen atoms in total. The number of halogens is 1. The van der Waals surface area contributed by atoms with Crippen LogP contribution >= 0.6 is 27.7 Å². The summed E-state index contributed by atoms with van der Waals surface area (Å²) < 4.78 is 0.888. The van der Waals surface area contributed by atoms with E-state index >= 15 is 0 Å². The van der Waals surface area contributed by atoms with Crippen LogP contribution in [0.15, 0.2) is 27.7 Å². The number of rotatable bonds is 2. The van der Waals surface area contributed by atoms with Crippen molar-refractivity contribution in [3.63, 3.8) is 0 Å². The lowest BCUT2D eigenvalue weighted by atomic mass is 9.97. The lowest BCUT2D eigenvalue weighted by molar-refractivity contribution is 0.443. The van der Waals surface area contributed by atoms with Crippen LogP contribution in [0.3, 0.4) is 0 Å². The predicted octanol–water partition coefficient (Wildman–Crippen LogP) is 4.39. The second-order valence-electron chi connectivity index (χ2n) is 4.80. The third-order valence-electron chi connectivity index (χ3n) is 3.35. The Morgan fingerprint density at radius 1 is 1.58 bits per heavy atom. The summed E-state index contributed by atoms with van der Waals surface area (Å²) in [5.41, 5.74) is 1.65. The maximum absolute atomic E-state index is 8.86. The molecule has 1 aliphatic heterocycles. The minimum Gasteiger partial charge on any atom is -0.334 e. The summed E-state index contributed by atoms with van der Waals surface area (Å²) in [6, 6.07) is 7.65. The molecule has 0 aromatic heterocycles. The number of amidine groups is 1. The van der Waals surface area contributed by atoms with Crippen LogP contribution in [0, 0.1) is 11.3 Å². The number of thioether (sulfide) groups is 1. The molecule has 0 radical (unpaired) electrons. The highest BCUT2D eigenvalue weighted by Gasteiger charge is 2.26. The van der Waals surface area contributed by atoms with Crippen molar-refractivity contribution in [2.75, 3.05) is 11.1 Å². The van der Waals surface area contributed by atoms with E-state index in [1.807, 2.05) is 12.1 Å². The number of nitrogens with one attached hydrogen (secondary N) is 1. The number of benzene rings is 1. The van der Waals surface area contributed by atoms with Gasteiger partial charge in [0, 0.05) is 10.2 Å². The molecule has 0 saturated carbocycles. The average Bonchev–Trinajstić information content (AvgIpc) is 2.41. The van der Waals surface area contributed by atoms with Gasteiger partial charge in [0.05, 0.1) is 22.9 Å². The zero-order valence-electron chi connectivity index (χ0n) is 11.0. The molecule has 2 rings (SSSR count). The van der Waals surface area contributed by atoms with Gasteiger partial charge in [0.25, 0.3) is 0 Å². The summed E-state index contributed by atoms with van der Waals surface area (Å²) in [7, 11) is 0.